The molecule has 1 aromatic carbocycles. The summed E-state index contributed by atoms with van der Waals surface area (Å²) < 4.78 is 0. The Labute approximate surface area is 104 Å². The third-order valence-corrected chi connectivity index (χ3v) is 2.68. The zero-order chi connectivity index (χ0) is 12.5. The van der Waals surface area contributed by atoms with Crippen molar-refractivity contribution < 1.29 is 5.11 Å². The summed E-state index contributed by atoms with van der Waals surface area (Å²) in [5, 5.41) is 15.6. The fourth-order valence-corrected chi connectivity index (χ4v) is 1.61. The van der Waals surface area contributed by atoms with E-state index in [4.69, 9.17) is 5.11 Å². The van der Waals surface area contributed by atoms with Crippen LogP contribution in [-0.4, -0.2) is 30.8 Å². The number of aliphatic hydroxyl groups excluding tert-OH is 1. The van der Waals surface area contributed by atoms with Gasteiger partial charge in [0, 0.05) is 26.2 Å². The van der Waals surface area contributed by atoms with Gasteiger partial charge in [-0.1, -0.05) is 31.2 Å². The number of nitrogens with one attached hydrogen (secondary N) is 2. The van der Waals surface area contributed by atoms with E-state index in [2.05, 4.69) is 41.8 Å². The van der Waals surface area contributed by atoms with E-state index in [9.17, 15) is 0 Å². The predicted octanol–water partition coefficient (Wildman–Crippen LogP) is 1.31. The fraction of sp³-hybridized carbons (Fsp3) is 0.571. The van der Waals surface area contributed by atoms with Crippen molar-refractivity contribution in [3.63, 3.8) is 0 Å². The van der Waals surface area contributed by atoms with Crippen molar-refractivity contribution in [1.82, 2.24) is 10.6 Å². The number of aliphatic hydroxyl groups is 1. The Kier molecular flexibility index (Phi) is 6.86. The molecule has 0 heterocycles. The van der Waals surface area contributed by atoms with Crippen LogP contribution in [0.25, 0.3) is 0 Å². The highest BCUT2D eigenvalue weighted by Gasteiger charge is 1.95. The van der Waals surface area contributed by atoms with Gasteiger partial charge in [-0.3, -0.25) is 0 Å². The Hall–Kier alpha value is -0.900. The Morgan fingerprint density at radius 1 is 1.06 bits per heavy atom. The van der Waals surface area contributed by atoms with Gasteiger partial charge in [0.1, 0.15) is 0 Å². The van der Waals surface area contributed by atoms with Crippen molar-refractivity contribution in [2.75, 3.05) is 19.6 Å². The molecule has 1 aromatic rings. The van der Waals surface area contributed by atoms with E-state index < -0.39 is 0 Å². The molecule has 0 spiro atoms. The molecule has 0 bridgehead atoms. The van der Waals surface area contributed by atoms with Crippen LogP contribution < -0.4 is 10.6 Å². The zero-order valence-electron chi connectivity index (χ0n) is 10.9. The first kappa shape index (κ1) is 14.2. The molecule has 0 saturated heterocycles. The molecule has 0 unspecified atom stereocenters. The van der Waals surface area contributed by atoms with Crippen LogP contribution in [0.3, 0.4) is 0 Å². The number of rotatable bonds is 8. The first-order valence-electron chi connectivity index (χ1n) is 6.39. The van der Waals surface area contributed by atoms with E-state index >= 15 is 0 Å². The second-order valence-corrected chi connectivity index (χ2v) is 4.40. The monoisotopic (exact) mass is 236 g/mol. The van der Waals surface area contributed by atoms with Crippen LogP contribution in [0.5, 0.6) is 0 Å². The quantitative estimate of drug-likeness (QED) is 0.596. The molecule has 0 fully saturated rings. The maximum Gasteiger partial charge on any atom is 0.0636 e. The second-order valence-electron chi connectivity index (χ2n) is 4.40. The van der Waals surface area contributed by atoms with Crippen LogP contribution in [0.4, 0.5) is 0 Å². The van der Waals surface area contributed by atoms with E-state index in [1.807, 2.05) is 0 Å². The third-order valence-electron chi connectivity index (χ3n) is 2.68. The van der Waals surface area contributed by atoms with Crippen molar-refractivity contribution in [3.05, 3.63) is 35.4 Å². The van der Waals surface area contributed by atoms with Gasteiger partial charge in [0.05, 0.1) is 6.10 Å². The standard InChI is InChI=1S/C14H24N2O/c1-3-13-4-6-14(7-5-13)11-16-9-8-15-10-12(2)17/h4-7,12,15-17H,3,8-11H2,1-2H3/t12-/m1/s1. The highest BCUT2D eigenvalue weighted by Crippen LogP contribution is 2.04. The lowest BCUT2D eigenvalue weighted by atomic mass is 10.1. The van der Waals surface area contributed by atoms with Crippen LogP contribution in [0.15, 0.2) is 24.3 Å². The molecule has 96 valence electrons. The minimum Gasteiger partial charge on any atom is -0.392 e. The molecule has 0 aliphatic heterocycles. The van der Waals surface area contributed by atoms with Gasteiger partial charge in [0.25, 0.3) is 0 Å². The Balaban J connectivity index is 2.09. The normalized spacial score (nSPS) is 12.6. The zero-order valence-corrected chi connectivity index (χ0v) is 10.9. The third kappa shape index (κ3) is 6.41. The first-order chi connectivity index (χ1) is 8.22. The summed E-state index contributed by atoms with van der Waals surface area (Å²) >= 11 is 0. The van der Waals surface area contributed by atoms with Crippen molar-refractivity contribution in [1.29, 1.82) is 0 Å². The molecule has 0 saturated carbocycles. The topological polar surface area (TPSA) is 44.3 Å². The summed E-state index contributed by atoms with van der Waals surface area (Å²) in [6.07, 6.45) is 0.827. The molecular weight excluding hydrogens is 212 g/mol. The Morgan fingerprint density at radius 2 is 1.65 bits per heavy atom. The summed E-state index contributed by atoms with van der Waals surface area (Å²) in [5.74, 6) is 0. The number of hydrogen-bond acceptors (Lipinski definition) is 3. The summed E-state index contributed by atoms with van der Waals surface area (Å²) in [4.78, 5) is 0. The summed E-state index contributed by atoms with van der Waals surface area (Å²) in [6.45, 7) is 7.32. The molecule has 0 aliphatic carbocycles. The van der Waals surface area contributed by atoms with E-state index in [-0.39, 0.29) is 6.10 Å². The lowest BCUT2D eigenvalue weighted by Crippen LogP contribution is -2.31. The molecule has 1 atom stereocenters. The van der Waals surface area contributed by atoms with Crippen LogP contribution in [0.2, 0.25) is 0 Å². The predicted molar refractivity (Wildman–Crippen MR) is 72.1 cm³/mol. The first-order valence-corrected chi connectivity index (χ1v) is 6.39. The molecule has 3 N–H and O–H groups in total. The molecule has 17 heavy (non-hydrogen) atoms. The smallest absolute Gasteiger partial charge is 0.0636 e. The van der Waals surface area contributed by atoms with Gasteiger partial charge in [0.15, 0.2) is 0 Å². The minimum absolute atomic E-state index is 0.267. The number of hydrogen-bond donors (Lipinski definition) is 3. The van der Waals surface area contributed by atoms with Crippen molar-refractivity contribution in [3.8, 4) is 0 Å². The van der Waals surface area contributed by atoms with Gasteiger partial charge >= 0.3 is 0 Å². The van der Waals surface area contributed by atoms with Crippen LogP contribution in [0, 0.1) is 0 Å². The van der Waals surface area contributed by atoms with Crippen molar-refractivity contribution in [2.24, 2.45) is 0 Å². The molecule has 1 rings (SSSR count). The molecule has 3 nitrogen and oxygen atoms in total. The van der Waals surface area contributed by atoms with Crippen molar-refractivity contribution in [2.45, 2.75) is 32.9 Å². The number of aryl methyl sites for hydroxylation is 1. The molecule has 0 aliphatic rings. The Morgan fingerprint density at radius 3 is 2.24 bits per heavy atom. The SMILES string of the molecule is CCc1ccc(CNCCNC[C@@H](C)O)cc1. The van der Waals surface area contributed by atoms with E-state index in [1.54, 1.807) is 6.92 Å². The summed E-state index contributed by atoms with van der Waals surface area (Å²) in [6, 6.07) is 8.72. The molecule has 0 radical (unpaired) electrons. The van der Waals surface area contributed by atoms with Crippen molar-refractivity contribution >= 4 is 0 Å². The number of benzene rings is 1. The van der Waals surface area contributed by atoms with Gasteiger partial charge in [-0.15, -0.1) is 0 Å². The van der Waals surface area contributed by atoms with Gasteiger partial charge in [-0.2, -0.15) is 0 Å². The van der Waals surface area contributed by atoms with Gasteiger partial charge in [0.2, 0.25) is 0 Å². The van der Waals surface area contributed by atoms with Gasteiger partial charge < -0.3 is 15.7 Å². The summed E-state index contributed by atoms with van der Waals surface area (Å²) in [5.41, 5.74) is 2.70. The average molecular weight is 236 g/mol. The van der Waals surface area contributed by atoms with Gasteiger partial charge in [-0.05, 0) is 24.5 Å². The summed E-state index contributed by atoms with van der Waals surface area (Å²) in [7, 11) is 0. The molecular formula is C14H24N2O. The van der Waals surface area contributed by atoms with E-state index in [0.29, 0.717) is 6.54 Å². The van der Waals surface area contributed by atoms with Crippen LogP contribution in [-0.2, 0) is 13.0 Å². The minimum atomic E-state index is -0.267. The van der Waals surface area contributed by atoms with E-state index in [1.165, 1.54) is 11.1 Å². The molecule has 0 aromatic heterocycles. The van der Waals surface area contributed by atoms with E-state index in [0.717, 1.165) is 26.1 Å². The van der Waals surface area contributed by atoms with Crippen LogP contribution >= 0.6 is 0 Å². The van der Waals surface area contributed by atoms with Crippen LogP contribution in [0.1, 0.15) is 25.0 Å². The maximum atomic E-state index is 9.05. The average Bonchev–Trinajstić information content (AvgIpc) is 2.34. The largest absolute Gasteiger partial charge is 0.392 e. The lowest BCUT2D eigenvalue weighted by Gasteiger charge is -2.08. The Bertz CT molecular complexity index is 296. The fourth-order valence-electron chi connectivity index (χ4n) is 1.61. The second kappa shape index (κ2) is 8.23. The lowest BCUT2D eigenvalue weighted by molar-refractivity contribution is 0.191. The molecule has 3 heteroatoms. The molecule has 0 amide bonds. The highest BCUT2D eigenvalue weighted by atomic mass is 16.3. The highest BCUT2D eigenvalue weighted by molar-refractivity contribution is 5.22. The maximum absolute atomic E-state index is 9.05. The van der Waals surface area contributed by atoms with Gasteiger partial charge in [-0.25, -0.2) is 0 Å².